The van der Waals surface area contributed by atoms with Crippen molar-refractivity contribution in [1.29, 1.82) is 0 Å². The average Bonchev–Trinajstić information content (AvgIpc) is 3.86. The van der Waals surface area contributed by atoms with Crippen molar-refractivity contribution in [2.24, 2.45) is 5.92 Å². The van der Waals surface area contributed by atoms with Crippen molar-refractivity contribution in [3.63, 3.8) is 0 Å². The maximum Gasteiger partial charge on any atom is 0.161 e. The number of hydrogen-bond donors (Lipinski definition) is 0. The van der Waals surface area contributed by atoms with Gasteiger partial charge in [0.15, 0.2) is 5.82 Å². The van der Waals surface area contributed by atoms with Crippen LogP contribution in [0, 0.1) is 5.92 Å². The fourth-order valence-electron chi connectivity index (χ4n) is 11.3. The van der Waals surface area contributed by atoms with Crippen molar-refractivity contribution >= 4 is 37.2 Å². The Hall–Kier alpha value is -5.90. The Bertz CT molecular complexity index is 3010. The van der Waals surface area contributed by atoms with Gasteiger partial charge in [-0.3, -0.25) is 0 Å². The third-order valence-electron chi connectivity index (χ3n) is 14.2. The predicted octanol–water partition coefficient (Wildman–Crippen LogP) is 14.7. The second-order valence-corrected chi connectivity index (χ2v) is 18.7. The normalized spacial score (nSPS) is 19.7. The summed E-state index contributed by atoms with van der Waals surface area (Å²) in [6.07, 6.45) is 11.9. The molecule has 12 rings (SSSR count). The summed E-state index contributed by atoms with van der Waals surface area (Å²) in [4.78, 5) is 11.4. The Labute approximate surface area is 344 Å². The van der Waals surface area contributed by atoms with E-state index in [0.717, 1.165) is 32.9 Å². The van der Waals surface area contributed by atoms with Crippen LogP contribution in [0.4, 0.5) is 0 Å². The molecule has 58 heavy (non-hydrogen) atoms. The fraction of sp³-hybridized carbons (Fsp3) is 0.200. The van der Waals surface area contributed by atoms with Crippen LogP contribution in [0.25, 0.3) is 70.8 Å². The van der Waals surface area contributed by atoms with Crippen LogP contribution in [0.2, 0.25) is 0 Å². The zero-order valence-corrected chi connectivity index (χ0v) is 33.8. The second kappa shape index (κ2) is 12.8. The van der Waals surface area contributed by atoms with Crippen LogP contribution in [0.3, 0.4) is 0 Å². The van der Waals surface area contributed by atoms with Gasteiger partial charge in [0.05, 0.1) is 5.69 Å². The van der Waals surface area contributed by atoms with Gasteiger partial charge in [-0.2, -0.15) is 0 Å². The molecule has 0 radical (unpaired) electrons. The van der Waals surface area contributed by atoms with Crippen LogP contribution < -0.4 is 0 Å². The van der Waals surface area contributed by atoms with Crippen LogP contribution >= 0.6 is 11.3 Å². The van der Waals surface area contributed by atoms with Gasteiger partial charge < -0.3 is 0 Å². The molecule has 2 nitrogen and oxygen atoms in total. The quantitative estimate of drug-likeness (QED) is 0.178. The molecule has 0 saturated heterocycles. The summed E-state index contributed by atoms with van der Waals surface area (Å²) in [6, 6.07) is 53.7. The number of fused-ring (bicyclic) bond motifs is 11. The molecule has 6 aromatic carbocycles. The largest absolute Gasteiger partial charge is 0.227 e. The summed E-state index contributed by atoms with van der Waals surface area (Å²) < 4.78 is 1.23. The number of hydrogen-bond acceptors (Lipinski definition) is 3. The van der Waals surface area contributed by atoms with E-state index < -0.39 is 0 Å². The van der Waals surface area contributed by atoms with Crippen molar-refractivity contribution in [3.8, 4) is 44.9 Å². The monoisotopic (exact) mass is 764 g/mol. The van der Waals surface area contributed by atoms with E-state index in [1.54, 1.807) is 22.5 Å². The first-order chi connectivity index (χ1) is 28.5. The van der Waals surface area contributed by atoms with Crippen LogP contribution in [0.1, 0.15) is 74.1 Å². The SMILES string of the molecule is CC1(C)c2ccccc2C2C=C3C(=CC21)c1ccc(-c2cccc(-c4ccc(-c5nc(-c6ccccc6)c6c(n5)sc5ccccc56)cc4)c2)cc1C31CCCCC1. The molecular formula is C55H44N2S. The first-order valence-corrected chi connectivity index (χ1v) is 21.9. The highest BCUT2D eigenvalue weighted by Crippen LogP contribution is 2.63. The maximum absolute atomic E-state index is 5.23. The lowest BCUT2D eigenvalue weighted by Crippen LogP contribution is -2.31. The van der Waals surface area contributed by atoms with Crippen LogP contribution in [-0.2, 0) is 10.8 Å². The molecule has 2 unspecified atom stereocenters. The molecule has 0 amide bonds. The fourth-order valence-corrected chi connectivity index (χ4v) is 12.4. The zero-order chi connectivity index (χ0) is 38.6. The lowest BCUT2D eigenvalue weighted by Gasteiger charge is -2.39. The highest BCUT2D eigenvalue weighted by atomic mass is 32.1. The third-order valence-corrected chi connectivity index (χ3v) is 15.3. The van der Waals surface area contributed by atoms with E-state index in [4.69, 9.17) is 9.97 Å². The number of aromatic nitrogens is 2. The number of rotatable bonds is 4. The van der Waals surface area contributed by atoms with Gasteiger partial charge in [-0.15, -0.1) is 11.3 Å². The van der Waals surface area contributed by atoms with Crippen molar-refractivity contribution in [2.75, 3.05) is 0 Å². The van der Waals surface area contributed by atoms with Crippen molar-refractivity contribution in [1.82, 2.24) is 9.97 Å². The molecule has 0 bridgehead atoms. The highest BCUT2D eigenvalue weighted by Gasteiger charge is 2.52. The van der Waals surface area contributed by atoms with E-state index in [0.29, 0.717) is 11.8 Å². The van der Waals surface area contributed by atoms with E-state index in [-0.39, 0.29) is 10.8 Å². The lowest BCUT2D eigenvalue weighted by molar-refractivity contribution is 0.345. The second-order valence-electron chi connectivity index (χ2n) is 17.6. The molecule has 280 valence electrons. The Morgan fingerprint density at radius 1 is 0.569 bits per heavy atom. The number of allylic oxidation sites excluding steroid dienone is 4. The van der Waals surface area contributed by atoms with Crippen LogP contribution in [0.5, 0.6) is 0 Å². The van der Waals surface area contributed by atoms with Crippen molar-refractivity contribution < 1.29 is 0 Å². The minimum atomic E-state index is 0.108. The zero-order valence-electron chi connectivity index (χ0n) is 33.0. The Morgan fingerprint density at radius 3 is 2.10 bits per heavy atom. The van der Waals surface area contributed by atoms with E-state index in [1.807, 2.05) is 0 Å². The first-order valence-electron chi connectivity index (χ1n) is 21.1. The topological polar surface area (TPSA) is 25.8 Å². The van der Waals surface area contributed by atoms with Crippen LogP contribution in [-0.4, -0.2) is 9.97 Å². The molecule has 4 aliphatic carbocycles. The van der Waals surface area contributed by atoms with Gasteiger partial charge in [-0.25, -0.2) is 9.97 Å². The molecule has 2 atom stereocenters. The molecule has 1 saturated carbocycles. The van der Waals surface area contributed by atoms with Crippen molar-refractivity contribution in [3.05, 3.63) is 186 Å². The minimum absolute atomic E-state index is 0.108. The van der Waals surface area contributed by atoms with Crippen LogP contribution in [0.15, 0.2) is 163 Å². The molecule has 3 heteroatoms. The van der Waals surface area contributed by atoms with E-state index in [9.17, 15) is 0 Å². The van der Waals surface area contributed by atoms with E-state index >= 15 is 0 Å². The summed E-state index contributed by atoms with van der Waals surface area (Å²) in [5.41, 5.74) is 17.6. The molecule has 2 aromatic heterocycles. The van der Waals surface area contributed by atoms with Gasteiger partial charge in [0.2, 0.25) is 0 Å². The minimum Gasteiger partial charge on any atom is -0.227 e. The molecular weight excluding hydrogens is 721 g/mol. The summed E-state index contributed by atoms with van der Waals surface area (Å²) in [7, 11) is 0. The smallest absolute Gasteiger partial charge is 0.161 e. The van der Waals surface area contributed by atoms with Gasteiger partial charge in [0.25, 0.3) is 0 Å². The summed E-state index contributed by atoms with van der Waals surface area (Å²) in [5.74, 6) is 1.70. The van der Waals surface area contributed by atoms with Gasteiger partial charge in [-0.05, 0) is 98.0 Å². The first kappa shape index (κ1) is 34.2. The summed E-state index contributed by atoms with van der Waals surface area (Å²) in [5, 5.41) is 2.35. The standard InChI is InChI=1S/C55H44N2S/c1-54(2)45-20-9-7-18-40(45)43-33-48-44(32-46(43)54)41-27-26-39(31-47(41)55(48)28-11-4-12-29-55)38-17-13-16-37(30-38)34-22-24-36(25-23-34)52-56-51(35-14-5-3-6-15-35)50-42-19-8-10-21-49(42)58-53(50)57-52/h3,5-10,13-27,30-33,43,46H,4,11-12,28-29H2,1-2H3. The van der Waals surface area contributed by atoms with Gasteiger partial charge in [-0.1, -0.05) is 173 Å². The van der Waals surface area contributed by atoms with E-state index in [2.05, 4.69) is 172 Å². The van der Waals surface area contributed by atoms with Gasteiger partial charge in [0, 0.05) is 37.9 Å². The Kier molecular flexibility index (Phi) is 7.54. The number of thiophene rings is 1. The molecule has 2 heterocycles. The van der Waals surface area contributed by atoms with Crippen molar-refractivity contribution in [2.45, 2.75) is 62.7 Å². The lowest BCUT2D eigenvalue weighted by atomic mass is 9.64. The molecule has 0 aliphatic heterocycles. The van der Waals surface area contributed by atoms with Gasteiger partial charge >= 0.3 is 0 Å². The maximum atomic E-state index is 5.23. The molecule has 1 spiro atoms. The molecule has 4 aliphatic rings. The molecule has 8 aromatic rings. The number of benzene rings is 6. The summed E-state index contributed by atoms with van der Waals surface area (Å²) in [6.45, 7) is 4.92. The van der Waals surface area contributed by atoms with Gasteiger partial charge in [0.1, 0.15) is 4.83 Å². The number of nitrogens with zero attached hydrogens (tertiary/aromatic N) is 2. The Balaban J connectivity index is 0.903. The highest BCUT2D eigenvalue weighted by molar-refractivity contribution is 7.25. The van der Waals surface area contributed by atoms with E-state index in [1.165, 1.54) is 86.7 Å². The Morgan fingerprint density at radius 2 is 1.26 bits per heavy atom. The third kappa shape index (κ3) is 5.02. The average molecular weight is 765 g/mol. The molecule has 1 fully saturated rings. The summed E-state index contributed by atoms with van der Waals surface area (Å²) >= 11 is 1.74. The molecule has 0 N–H and O–H groups in total. The predicted molar refractivity (Wildman–Crippen MR) is 243 cm³/mol.